The lowest BCUT2D eigenvalue weighted by molar-refractivity contribution is -0.384. The number of nitrogens with one attached hydrogen (secondary N) is 2. The summed E-state index contributed by atoms with van der Waals surface area (Å²) in [6, 6.07) is 14.1. The van der Waals surface area contributed by atoms with Crippen LogP contribution in [0.1, 0.15) is 5.56 Å². The number of ether oxygens (including phenoxy) is 1. The van der Waals surface area contributed by atoms with E-state index in [9.17, 15) is 18.9 Å². The normalized spacial score (nSPS) is 10.8. The van der Waals surface area contributed by atoms with Gasteiger partial charge in [0, 0.05) is 37.1 Å². The molecule has 202 valence electrons. The van der Waals surface area contributed by atoms with Crippen LogP contribution in [0.2, 0.25) is 5.02 Å². The summed E-state index contributed by atoms with van der Waals surface area (Å²) < 4.78 is 35.5. The molecule has 10 nitrogen and oxygen atoms in total. The second-order valence-corrected chi connectivity index (χ2v) is 9.00. The number of nitro groups is 1. The Kier molecular flexibility index (Phi) is 7.51. The third-order valence-electron chi connectivity index (χ3n) is 5.69. The maximum Gasteiger partial charge on any atom is 0.271 e. The fourth-order valence-corrected chi connectivity index (χ4v) is 4.02. The summed E-state index contributed by atoms with van der Waals surface area (Å²) in [6.07, 6.45) is 4.79. The molecule has 2 heterocycles. The third kappa shape index (κ3) is 6.13. The summed E-state index contributed by atoms with van der Waals surface area (Å²) >= 11 is 6.49. The molecule has 0 aliphatic carbocycles. The van der Waals surface area contributed by atoms with Crippen molar-refractivity contribution in [1.82, 2.24) is 19.7 Å². The topological polar surface area (TPSA) is 120 Å². The lowest BCUT2D eigenvalue weighted by atomic mass is 10.1. The molecule has 0 unspecified atom stereocenters. The van der Waals surface area contributed by atoms with E-state index in [0.29, 0.717) is 28.1 Å². The van der Waals surface area contributed by atoms with E-state index in [4.69, 9.17) is 16.3 Å². The van der Waals surface area contributed by atoms with Gasteiger partial charge in [0.15, 0.2) is 0 Å². The molecular formula is C27H20ClF2N7O3. The van der Waals surface area contributed by atoms with Crippen molar-refractivity contribution in [3.05, 3.63) is 112 Å². The molecule has 13 heteroatoms. The first kappa shape index (κ1) is 26.5. The second kappa shape index (κ2) is 11.3. The van der Waals surface area contributed by atoms with Gasteiger partial charge in [-0.1, -0.05) is 29.8 Å². The molecule has 2 N–H and O–H groups in total. The van der Waals surface area contributed by atoms with Crippen LogP contribution in [0.25, 0.3) is 11.1 Å². The van der Waals surface area contributed by atoms with Gasteiger partial charge >= 0.3 is 0 Å². The van der Waals surface area contributed by atoms with E-state index in [0.717, 1.165) is 18.2 Å². The van der Waals surface area contributed by atoms with Gasteiger partial charge in [-0.05, 0) is 41.5 Å². The molecule has 5 rings (SSSR count). The molecule has 0 aliphatic rings. The van der Waals surface area contributed by atoms with Gasteiger partial charge in [0.25, 0.3) is 5.69 Å². The average molecular weight is 564 g/mol. The number of anilines is 4. The summed E-state index contributed by atoms with van der Waals surface area (Å²) in [5.74, 6) is -0.388. The van der Waals surface area contributed by atoms with E-state index >= 15 is 0 Å². The lowest BCUT2D eigenvalue weighted by Gasteiger charge is -2.15. The number of halogens is 3. The Hall–Kier alpha value is -5.10. The van der Waals surface area contributed by atoms with Crippen molar-refractivity contribution in [2.24, 2.45) is 7.05 Å². The highest BCUT2D eigenvalue weighted by Gasteiger charge is 2.17. The van der Waals surface area contributed by atoms with E-state index in [1.807, 2.05) is 0 Å². The van der Waals surface area contributed by atoms with Crippen molar-refractivity contribution in [3.63, 3.8) is 0 Å². The van der Waals surface area contributed by atoms with Gasteiger partial charge < -0.3 is 15.4 Å². The van der Waals surface area contributed by atoms with Gasteiger partial charge in [0.1, 0.15) is 29.8 Å². The number of nitrogens with zero attached hydrogens (tertiary/aromatic N) is 5. The van der Waals surface area contributed by atoms with E-state index in [1.165, 1.54) is 18.3 Å². The van der Waals surface area contributed by atoms with Crippen molar-refractivity contribution in [3.8, 4) is 16.9 Å². The molecule has 40 heavy (non-hydrogen) atoms. The highest BCUT2D eigenvalue weighted by atomic mass is 35.5. The van der Waals surface area contributed by atoms with E-state index in [1.54, 1.807) is 54.5 Å². The Balaban J connectivity index is 1.48. The lowest BCUT2D eigenvalue weighted by Crippen LogP contribution is -2.04. The minimum atomic E-state index is -0.712. The van der Waals surface area contributed by atoms with Gasteiger partial charge in [-0.15, -0.1) is 0 Å². The summed E-state index contributed by atoms with van der Waals surface area (Å²) in [5.41, 5.74) is 1.80. The van der Waals surface area contributed by atoms with Crippen LogP contribution >= 0.6 is 11.6 Å². The molecule has 0 bridgehead atoms. The van der Waals surface area contributed by atoms with Gasteiger partial charge in [-0.25, -0.2) is 13.8 Å². The number of non-ortho nitro benzene ring substituents is 1. The Labute approximate surface area is 231 Å². The molecular weight excluding hydrogens is 544 g/mol. The molecule has 2 aromatic heterocycles. The quantitative estimate of drug-likeness (QED) is 0.149. The summed E-state index contributed by atoms with van der Waals surface area (Å²) in [6.45, 7) is 0.105. The maximum atomic E-state index is 14.7. The highest BCUT2D eigenvalue weighted by Crippen LogP contribution is 2.36. The van der Waals surface area contributed by atoms with Crippen LogP contribution in [0.3, 0.4) is 0 Å². The summed E-state index contributed by atoms with van der Waals surface area (Å²) in [7, 11) is 1.75. The van der Waals surface area contributed by atoms with Crippen LogP contribution in [0.15, 0.2) is 79.3 Å². The number of hydrogen-bond donors (Lipinski definition) is 2. The van der Waals surface area contributed by atoms with Gasteiger partial charge in [0.2, 0.25) is 5.95 Å². The van der Waals surface area contributed by atoms with Crippen LogP contribution in [-0.2, 0) is 13.7 Å². The van der Waals surface area contributed by atoms with Crippen molar-refractivity contribution in [1.29, 1.82) is 0 Å². The van der Waals surface area contributed by atoms with E-state index < -0.39 is 10.7 Å². The number of nitro benzene ring substituents is 1. The van der Waals surface area contributed by atoms with Crippen molar-refractivity contribution in [2.75, 3.05) is 10.6 Å². The van der Waals surface area contributed by atoms with Crippen molar-refractivity contribution in [2.45, 2.75) is 6.61 Å². The zero-order valence-electron chi connectivity index (χ0n) is 20.8. The van der Waals surface area contributed by atoms with E-state index in [-0.39, 0.29) is 40.6 Å². The number of hydrogen-bond acceptors (Lipinski definition) is 8. The molecule has 0 amide bonds. The third-order valence-corrected chi connectivity index (χ3v) is 5.99. The standard InChI is InChI=1S/C27H20ClF2N7O3/c1-36-14-19(12-32-36)33-27-31-13-21(26(35-27)34-24-11-20(37(38)39)6-7-23(24)30)17-5-8-25(22(28)10-17)40-15-16-3-2-4-18(29)9-16/h2-14H,15H2,1H3,(H2,31,33,34,35). The van der Waals surface area contributed by atoms with Gasteiger partial charge in [-0.2, -0.15) is 10.1 Å². The second-order valence-electron chi connectivity index (χ2n) is 8.59. The fourth-order valence-electron chi connectivity index (χ4n) is 3.79. The molecule has 3 aromatic carbocycles. The Morgan fingerprint density at radius 2 is 1.93 bits per heavy atom. The molecule has 0 saturated carbocycles. The van der Waals surface area contributed by atoms with Gasteiger partial charge in [0.05, 0.1) is 27.5 Å². The maximum absolute atomic E-state index is 14.7. The number of aryl methyl sites for hydroxylation is 1. The number of aromatic nitrogens is 4. The highest BCUT2D eigenvalue weighted by molar-refractivity contribution is 6.32. The van der Waals surface area contributed by atoms with Crippen molar-refractivity contribution < 1.29 is 18.4 Å². The average Bonchev–Trinajstić information content (AvgIpc) is 3.33. The molecule has 0 aliphatic heterocycles. The Morgan fingerprint density at radius 1 is 1.07 bits per heavy atom. The minimum Gasteiger partial charge on any atom is -0.487 e. The van der Waals surface area contributed by atoms with Gasteiger partial charge in [-0.3, -0.25) is 14.8 Å². The summed E-state index contributed by atoms with van der Waals surface area (Å²) in [4.78, 5) is 19.5. The number of rotatable bonds is 9. The first-order valence-corrected chi connectivity index (χ1v) is 12.1. The smallest absolute Gasteiger partial charge is 0.271 e. The molecule has 0 radical (unpaired) electrons. The molecule has 0 atom stereocenters. The zero-order chi connectivity index (χ0) is 28.2. The minimum absolute atomic E-state index is 0.105. The number of benzene rings is 3. The zero-order valence-corrected chi connectivity index (χ0v) is 21.6. The largest absolute Gasteiger partial charge is 0.487 e. The fraction of sp³-hybridized carbons (Fsp3) is 0.0741. The van der Waals surface area contributed by atoms with Crippen LogP contribution < -0.4 is 15.4 Å². The van der Waals surface area contributed by atoms with Crippen molar-refractivity contribution >= 4 is 40.4 Å². The predicted molar refractivity (Wildman–Crippen MR) is 146 cm³/mol. The monoisotopic (exact) mass is 563 g/mol. The predicted octanol–water partition coefficient (Wildman–Crippen LogP) is 6.78. The Bertz CT molecular complexity index is 1710. The molecule has 0 spiro atoms. The first-order valence-electron chi connectivity index (χ1n) is 11.8. The van der Waals surface area contributed by atoms with Crippen LogP contribution in [0.5, 0.6) is 5.75 Å². The van der Waals surface area contributed by atoms with Crippen LogP contribution in [-0.4, -0.2) is 24.7 Å². The molecule has 0 saturated heterocycles. The molecule has 5 aromatic rings. The van der Waals surface area contributed by atoms with Crippen LogP contribution in [0, 0.1) is 21.7 Å². The first-order chi connectivity index (χ1) is 19.2. The summed E-state index contributed by atoms with van der Waals surface area (Å²) in [5, 5.41) is 21.5. The van der Waals surface area contributed by atoms with E-state index in [2.05, 4.69) is 25.7 Å². The SMILES string of the molecule is Cn1cc(Nc2ncc(-c3ccc(OCc4cccc(F)c4)c(Cl)c3)c(Nc3cc([N+](=O)[O-])ccc3F)n2)cn1. The molecule has 0 fully saturated rings. The Morgan fingerprint density at radius 3 is 2.65 bits per heavy atom. The van der Waals surface area contributed by atoms with Crippen LogP contribution in [0.4, 0.5) is 37.6 Å².